The molecule has 0 aromatic rings. The molecule has 1 rings (SSSR count). The Bertz CT molecular complexity index is 165. The number of nitrogens with one attached hydrogen (secondary N) is 1. The SMILES string of the molecule is CC(C)CNC(=O)CC1CC1C. The number of carbonyl (C=O) groups is 1. The van der Waals surface area contributed by atoms with Gasteiger partial charge in [0.15, 0.2) is 0 Å². The van der Waals surface area contributed by atoms with Crippen molar-refractivity contribution in [3.8, 4) is 0 Å². The first-order chi connectivity index (χ1) is 5.59. The van der Waals surface area contributed by atoms with E-state index in [9.17, 15) is 4.79 Å². The summed E-state index contributed by atoms with van der Waals surface area (Å²) in [5, 5.41) is 2.94. The molecule has 0 saturated heterocycles. The lowest BCUT2D eigenvalue weighted by atomic mass is 10.2. The Morgan fingerprint density at radius 3 is 2.58 bits per heavy atom. The molecule has 0 aromatic carbocycles. The standard InChI is InChI=1S/C10H19NO/c1-7(2)6-11-10(12)5-9-4-8(9)3/h7-9H,4-6H2,1-3H3,(H,11,12). The van der Waals surface area contributed by atoms with Crippen LogP contribution in [-0.4, -0.2) is 12.5 Å². The highest BCUT2D eigenvalue weighted by molar-refractivity contribution is 5.76. The van der Waals surface area contributed by atoms with E-state index in [0.717, 1.165) is 18.9 Å². The van der Waals surface area contributed by atoms with Crippen LogP contribution < -0.4 is 5.32 Å². The highest BCUT2D eigenvalue weighted by Gasteiger charge is 2.33. The van der Waals surface area contributed by atoms with Crippen molar-refractivity contribution in [1.82, 2.24) is 5.32 Å². The number of amides is 1. The van der Waals surface area contributed by atoms with Gasteiger partial charge in [0.1, 0.15) is 0 Å². The molecule has 2 unspecified atom stereocenters. The number of carbonyl (C=O) groups excluding carboxylic acids is 1. The maximum absolute atomic E-state index is 11.2. The third-order valence-electron chi connectivity index (χ3n) is 2.43. The molecule has 2 nitrogen and oxygen atoms in total. The maximum Gasteiger partial charge on any atom is 0.220 e. The summed E-state index contributed by atoms with van der Waals surface area (Å²) in [4.78, 5) is 11.2. The second-order valence-corrected chi connectivity index (χ2v) is 4.38. The van der Waals surface area contributed by atoms with Crippen LogP contribution in [0, 0.1) is 17.8 Å². The molecule has 2 atom stereocenters. The molecule has 2 heteroatoms. The minimum absolute atomic E-state index is 0.234. The predicted octanol–water partition coefficient (Wildman–Crippen LogP) is 1.80. The summed E-state index contributed by atoms with van der Waals surface area (Å²) in [7, 11) is 0. The highest BCUT2D eigenvalue weighted by atomic mass is 16.1. The number of hydrogen-bond donors (Lipinski definition) is 1. The summed E-state index contributed by atoms with van der Waals surface area (Å²) in [6, 6.07) is 0. The molecule has 70 valence electrons. The molecule has 1 N–H and O–H groups in total. The predicted molar refractivity (Wildman–Crippen MR) is 49.7 cm³/mol. The fourth-order valence-corrected chi connectivity index (χ4v) is 1.31. The summed E-state index contributed by atoms with van der Waals surface area (Å²) in [5.41, 5.74) is 0. The van der Waals surface area contributed by atoms with Crippen molar-refractivity contribution in [2.24, 2.45) is 17.8 Å². The molecular weight excluding hydrogens is 150 g/mol. The van der Waals surface area contributed by atoms with E-state index >= 15 is 0 Å². The van der Waals surface area contributed by atoms with E-state index in [0.29, 0.717) is 11.8 Å². The van der Waals surface area contributed by atoms with E-state index in [4.69, 9.17) is 0 Å². The van der Waals surface area contributed by atoms with Gasteiger partial charge in [0.2, 0.25) is 5.91 Å². The lowest BCUT2D eigenvalue weighted by Gasteiger charge is -2.06. The topological polar surface area (TPSA) is 29.1 Å². The van der Waals surface area contributed by atoms with Crippen molar-refractivity contribution < 1.29 is 4.79 Å². The van der Waals surface area contributed by atoms with Crippen LogP contribution in [0.25, 0.3) is 0 Å². The zero-order valence-corrected chi connectivity index (χ0v) is 8.26. The molecule has 0 bridgehead atoms. The molecule has 0 spiro atoms. The van der Waals surface area contributed by atoms with Gasteiger partial charge in [0.25, 0.3) is 0 Å². The molecule has 1 amide bonds. The van der Waals surface area contributed by atoms with Gasteiger partial charge in [-0.05, 0) is 24.2 Å². The summed E-state index contributed by atoms with van der Waals surface area (Å²) in [5.74, 6) is 2.26. The average molecular weight is 169 g/mol. The molecule has 1 aliphatic rings. The van der Waals surface area contributed by atoms with Crippen LogP contribution in [0.2, 0.25) is 0 Å². The first kappa shape index (κ1) is 9.56. The fourth-order valence-electron chi connectivity index (χ4n) is 1.31. The Hall–Kier alpha value is -0.530. The van der Waals surface area contributed by atoms with E-state index in [2.05, 4.69) is 26.1 Å². The van der Waals surface area contributed by atoms with Gasteiger partial charge >= 0.3 is 0 Å². The third kappa shape index (κ3) is 3.24. The lowest BCUT2D eigenvalue weighted by molar-refractivity contribution is -0.121. The van der Waals surface area contributed by atoms with Crippen molar-refractivity contribution in [1.29, 1.82) is 0 Å². The largest absolute Gasteiger partial charge is 0.356 e. The molecule has 0 aliphatic heterocycles. The lowest BCUT2D eigenvalue weighted by Crippen LogP contribution is -2.27. The van der Waals surface area contributed by atoms with Crippen LogP contribution in [-0.2, 0) is 4.79 Å². The Kier molecular flexibility index (Phi) is 3.12. The second-order valence-electron chi connectivity index (χ2n) is 4.38. The number of rotatable bonds is 4. The van der Waals surface area contributed by atoms with E-state index < -0.39 is 0 Å². The fraction of sp³-hybridized carbons (Fsp3) is 0.900. The summed E-state index contributed by atoms with van der Waals surface area (Å²) >= 11 is 0. The molecule has 1 aliphatic carbocycles. The summed E-state index contributed by atoms with van der Waals surface area (Å²) < 4.78 is 0. The van der Waals surface area contributed by atoms with E-state index in [1.807, 2.05) is 0 Å². The Morgan fingerprint density at radius 2 is 2.17 bits per heavy atom. The molecule has 12 heavy (non-hydrogen) atoms. The van der Waals surface area contributed by atoms with Crippen molar-refractivity contribution in [2.75, 3.05) is 6.54 Å². The Labute approximate surface area is 74.7 Å². The van der Waals surface area contributed by atoms with Crippen LogP contribution >= 0.6 is 0 Å². The van der Waals surface area contributed by atoms with Crippen molar-refractivity contribution in [2.45, 2.75) is 33.6 Å². The summed E-state index contributed by atoms with van der Waals surface area (Å²) in [6.07, 6.45) is 1.99. The second kappa shape index (κ2) is 3.92. The van der Waals surface area contributed by atoms with Gasteiger partial charge in [-0.1, -0.05) is 20.8 Å². The van der Waals surface area contributed by atoms with Crippen LogP contribution in [0.4, 0.5) is 0 Å². The van der Waals surface area contributed by atoms with Crippen LogP contribution in [0.5, 0.6) is 0 Å². The molecular formula is C10H19NO. The smallest absolute Gasteiger partial charge is 0.220 e. The molecule has 0 radical (unpaired) electrons. The molecule has 1 saturated carbocycles. The zero-order valence-electron chi connectivity index (χ0n) is 8.26. The first-order valence-corrected chi connectivity index (χ1v) is 4.86. The van der Waals surface area contributed by atoms with E-state index in [-0.39, 0.29) is 5.91 Å². The van der Waals surface area contributed by atoms with E-state index in [1.165, 1.54) is 6.42 Å². The Morgan fingerprint density at radius 1 is 1.58 bits per heavy atom. The van der Waals surface area contributed by atoms with Crippen LogP contribution in [0.1, 0.15) is 33.6 Å². The van der Waals surface area contributed by atoms with Gasteiger partial charge < -0.3 is 5.32 Å². The van der Waals surface area contributed by atoms with Gasteiger partial charge in [-0.25, -0.2) is 0 Å². The van der Waals surface area contributed by atoms with E-state index in [1.54, 1.807) is 0 Å². The quantitative estimate of drug-likeness (QED) is 0.683. The van der Waals surface area contributed by atoms with Gasteiger partial charge in [0, 0.05) is 13.0 Å². The first-order valence-electron chi connectivity index (χ1n) is 4.86. The van der Waals surface area contributed by atoms with Gasteiger partial charge in [-0.3, -0.25) is 4.79 Å². The third-order valence-corrected chi connectivity index (χ3v) is 2.43. The molecule has 0 heterocycles. The molecule has 0 aromatic heterocycles. The zero-order chi connectivity index (χ0) is 9.14. The van der Waals surface area contributed by atoms with Gasteiger partial charge in [-0.2, -0.15) is 0 Å². The molecule has 1 fully saturated rings. The monoisotopic (exact) mass is 169 g/mol. The van der Waals surface area contributed by atoms with Crippen LogP contribution in [0.3, 0.4) is 0 Å². The van der Waals surface area contributed by atoms with Crippen LogP contribution in [0.15, 0.2) is 0 Å². The van der Waals surface area contributed by atoms with Crippen molar-refractivity contribution in [3.05, 3.63) is 0 Å². The normalized spacial score (nSPS) is 27.3. The maximum atomic E-state index is 11.2. The minimum Gasteiger partial charge on any atom is -0.356 e. The minimum atomic E-state index is 0.234. The average Bonchev–Trinajstić information content (AvgIpc) is 2.62. The van der Waals surface area contributed by atoms with Gasteiger partial charge in [0.05, 0.1) is 0 Å². The van der Waals surface area contributed by atoms with Crippen molar-refractivity contribution in [3.63, 3.8) is 0 Å². The highest BCUT2D eigenvalue weighted by Crippen LogP contribution is 2.40. The van der Waals surface area contributed by atoms with Crippen molar-refractivity contribution >= 4 is 5.91 Å². The number of hydrogen-bond acceptors (Lipinski definition) is 1. The summed E-state index contributed by atoms with van der Waals surface area (Å²) in [6.45, 7) is 7.25. The Balaban J connectivity index is 2.04. The van der Waals surface area contributed by atoms with Gasteiger partial charge in [-0.15, -0.1) is 0 Å².